The molecule has 0 spiro atoms. The van der Waals surface area contributed by atoms with Crippen molar-refractivity contribution in [3.05, 3.63) is 54.0 Å². The molecule has 148 valence electrons. The van der Waals surface area contributed by atoms with Crippen LogP contribution in [0.1, 0.15) is 19.4 Å². The third-order valence-corrected chi connectivity index (χ3v) is 3.49. The topological polar surface area (TPSA) is 67.8 Å². The van der Waals surface area contributed by atoms with Crippen molar-refractivity contribution in [2.45, 2.75) is 26.5 Å². The van der Waals surface area contributed by atoms with Gasteiger partial charge < -0.3 is 20.1 Å². The highest BCUT2D eigenvalue weighted by atomic mass is 127. The molecule has 8 heteroatoms. The molecule has 0 aliphatic rings. The maximum atomic E-state index is 13.6. The zero-order chi connectivity index (χ0) is 18.8. The molecule has 1 unspecified atom stereocenters. The number of pyridine rings is 1. The lowest BCUT2D eigenvalue weighted by Crippen LogP contribution is -2.41. The molecule has 0 bridgehead atoms. The van der Waals surface area contributed by atoms with Crippen LogP contribution in [0, 0.1) is 5.82 Å². The van der Waals surface area contributed by atoms with Crippen LogP contribution in [0.25, 0.3) is 0 Å². The second-order valence-corrected chi connectivity index (χ2v) is 5.64. The van der Waals surface area contributed by atoms with E-state index in [0.717, 1.165) is 12.1 Å². The molecule has 2 aromatic rings. The molecule has 2 N–H and O–H groups in total. The van der Waals surface area contributed by atoms with Gasteiger partial charge in [-0.05, 0) is 31.5 Å². The van der Waals surface area contributed by atoms with Gasteiger partial charge in [-0.1, -0.05) is 18.2 Å². The quantitative estimate of drug-likeness (QED) is 0.339. The van der Waals surface area contributed by atoms with E-state index in [0.29, 0.717) is 24.9 Å². The molecule has 0 amide bonds. The predicted octanol–water partition coefficient (Wildman–Crippen LogP) is 3.37. The fraction of sp³-hybridized carbons (Fsp3) is 0.368. The number of benzene rings is 1. The second kappa shape index (κ2) is 12.3. The molecule has 27 heavy (non-hydrogen) atoms. The molecular formula is C19H26FIN4O2. The molecule has 0 aliphatic carbocycles. The highest BCUT2D eigenvalue weighted by molar-refractivity contribution is 14.0. The van der Waals surface area contributed by atoms with Crippen molar-refractivity contribution in [2.75, 3.05) is 20.2 Å². The van der Waals surface area contributed by atoms with Crippen molar-refractivity contribution in [2.24, 2.45) is 4.99 Å². The maximum absolute atomic E-state index is 13.6. The van der Waals surface area contributed by atoms with E-state index in [-0.39, 0.29) is 41.6 Å². The normalized spacial score (nSPS) is 11.9. The standard InChI is InChI=1S/C19H25FN4O2.HI/c1-4-21-19(24-13-15-9-10-18(25-3)22-12-15)23-11-14(2)26-17-8-6-5-7-16(17)20;/h5-10,12,14H,4,11,13H2,1-3H3,(H2,21,23,24);1H. The number of halogens is 2. The summed E-state index contributed by atoms with van der Waals surface area (Å²) in [4.78, 5) is 8.68. The summed E-state index contributed by atoms with van der Waals surface area (Å²) in [6, 6.07) is 10.1. The van der Waals surface area contributed by atoms with Crippen LogP contribution in [-0.4, -0.2) is 37.2 Å². The molecule has 1 atom stereocenters. The predicted molar refractivity (Wildman–Crippen MR) is 116 cm³/mol. The third-order valence-electron chi connectivity index (χ3n) is 3.49. The summed E-state index contributed by atoms with van der Waals surface area (Å²) in [7, 11) is 1.58. The van der Waals surface area contributed by atoms with Crippen LogP contribution in [0.5, 0.6) is 11.6 Å². The number of hydrogen-bond acceptors (Lipinski definition) is 4. The van der Waals surface area contributed by atoms with E-state index in [4.69, 9.17) is 9.47 Å². The van der Waals surface area contributed by atoms with Crippen LogP contribution < -0.4 is 20.1 Å². The Kier molecular flexibility index (Phi) is 10.5. The molecule has 0 radical (unpaired) electrons. The largest absolute Gasteiger partial charge is 0.486 e. The number of methoxy groups -OCH3 is 1. The van der Waals surface area contributed by atoms with Crippen molar-refractivity contribution in [3.8, 4) is 11.6 Å². The summed E-state index contributed by atoms with van der Waals surface area (Å²) in [5, 5.41) is 6.37. The van der Waals surface area contributed by atoms with Gasteiger partial charge in [0.15, 0.2) is 17.5 Å². The summed E-state index contributed by atoms with van der Waals surface area (Å²) in [6.07, 6.45) is 1.51. The molecule has 0 fully saturated rings. The molecule has 6 nitrogen and oxygen atoms in total. The Balaban J connectivity index is 0.00000364. The molecule has 0 aliphatic heterocycles. The van der Waals surface area contributed by atoms with Gasteiger partial charge in [0.25, 0.3) is 0 Å². The second-order valence-electron chi connectivity index (χ2n) is 5.64. The van der Waals surface area contributed by atoms with Gasteiger partial charge in [0.05, 0.1) is 20.2 Å². The molecule has 2 rings (SSSR count). The summed E-state index contributed by atoms with van der Waals surface area (Å²) < 4.78 is 24.3. The summed E-state index contributed by atoms with van der Waals surface area (Å²) >= 11 is 0. The zero-order valence-corrected chi connectivity index (χ0v) is 18.1. The van der Waals surface area contributed by atoms with Crippen molar-refractivity contribution in [3.63, 3.8) is 0 Å². The smallest absolute Gasteiger partial charge is 0.212 e. The molecule has 1 aromatic carbocycles. The van der Waals surface area contributed by atoms with Gasteiger partial charge in [0, 0.05) is 18.8 Å². The number of para-hydroxylation sites is 1. The maximum Gasteiger partial charge on any atom is 0.212 e. The first-order valence-electron chi connectivity index (χ1n) is 8.54. The summed E-state index contributed by atoms with van der Waals surface area (Å²) in [5.74, 6) is 1.11. The highest BCUT2D eigenvalue weighted by Gasteiger charge is 2.09. The third kappa shape index (κ3) is 7.98. The van der Waals surface area contributed by atoms with Crippen molar-refractivity contribution in [1.82, 2.24) is 15.6 Å². The van der Waals surface area contributed by atoms with Gasteiger partial charge >= 0.3 is 0 Å². The number of nitrogens with one attached hydrogen (secondary N) is 2. The Morgan fingerprint density at radius 1 is 1.22 bits per heavy atom. The van der Waals surface area contributed by atoms with Gasteiger partial charge in [-0.15, -0.1) is 24.0 Å². The van der Waals surface area contributed by atoms with Crippen LogP contribution in [0.2, 0.25) is 0 Å². The SMILES string of the molecule is CCNC(=NCc1ccc(OC)nc1)NCC(C)Oc1ccccc1F.I. The minimum Gasteiger partial charge on any atom is -0.486 e. The molecule has 1 aromatic heterocycles. The first kappa shape index (κ1) is 22.9. The van der Waals surface area contributed by atoms with Crippen molar-refractivity contribution < 1.29 is 13.9 Å². The van der Waals surface area contributed by atoms with Crippen LogP contribution in [0.4, 0.5) is 4.39 Å². The minimum absolute atomic E-state index is 0. The van der Waals surface area contributed by atoms with Gasteiger partial charge in [-0.2, -0.15) is 0 Å². The Bertz CT molecular complexity index is 713. The minimum atomic E-state index is -0.369. The van der Waals surface area contributed by atoms with Gasteiger partial charge in [-0.3, -0.25) is 0 Å². The Morgan fingerprint density at radius 2 is 2.00 bits per heavy atom. The fourth-order valence-electron chi connectivity index (χ4n) is 2.18. The summed E-state index contributed by atoms with van der Waals surface area (Å²) in [5.41, 5.74) is 0.971. The van der Waals surface area contributed by atoms with E-state index in [1.165, 1.54) is 6.07 Å². The molecule has 1 heterocycles. The molecular weight excluding hydrogens is 462 g/mol. The Labute approximate surface area is 176 Å². The van der Waals surface area contributed by atoms with Crippen molar-refractivity contribution in [1.29, 1.82) is 0 Å². The monoisotopic (exact) mass is 488 g/mol. The number of hydrogen-bond donors (Lipinski definition) is 2. The number of aromatic nitrogens is 1. The average Bonchev–Trinajstić information content (AvgIpc) is 2.66. The lowest BCUT2D eigenvalue weighted by Gasteiger charge is -2.18. The van der Waals surface area contributed by atoms with Gasteiger partial charge in [0.2, 0.25) is 5.88 Å². The van der Waals surface area contributed by atoms with Gasteiger partial charge in [-0.25, -0.2) is 14.4 Å². The number of aliphatic imine (C=N–C) groups is 1. The lowest BCUT2D eigenvalue weighted by atomic mass is 10.3. The Hall–Kier alpha value is -2.10. The van der Waals surface area contributed by atoms with Crippen LogP contribution in [-0.2, 0) is 6.54 Å². The van der Waals surface area contributed by atoms with E-state index in [1.807, 2.05) is 19.9 Å². The van der Waals surface area contributed by atoms with Crippen molar-refractivity contribution >= 4 is 29.9 Å². The van der Waals surface area contributed by atoms with E-state index >= 15 is 0 Å². The van der Waals surface area contributed by atoms with E-state index in [1.54, 1.807) is 37.6 Å². The van der Waals surface area contributed by atoms with E-state index in [2.05, 4.69) is 20.6 Å². The van der Waals surface area contributed by atoms with Crippen LogP contribution in [0.15, 0.2) is 47.6 Å². The van der Waals surface area contributed by atoms with E-state index < -0.39 is 0 Å². The first-order valence-corrected chi connectivity index (χ1v) is 8.54. The number of guanidine groups is 1. The molecule has 0 saturated carbocycles. The summed E-state index contributed by atoms with van der Waals surface area (Å²) in [6.45, 7) is 5.56. The van der Waals surface area contributed by atoms with Crippen LogP contribution >= 0.6 is 24.0 Å². The van der Waals surface area contributed by atoms with E-state index in [9.17, 15) is 4.39 Å². The highest BCUT2D eigenvalue weighted by Crippen LogP contribution is 2.16. The fourth-order valence-corrected chi connectivity index (χ4v) is 2.18. The zero-order valence-electron chi connectivity index (χ0n) is 15.7. The number of nitrogens with zero attached hydrogens (tertiary/aromatic N) is 2. The number of ether oxygens (including phenoxy) is 2. The number of rotatable bonds is 8. The molecule has 0 saturated heterocycles. The average molecular weight is 488 g/mol. The lowest BCUT2D eigenvalue weighted by molar-refractivity contribution is 0.214. The van der Waals surface area contributed by atoms with Crippen LogP contribution in [0.3, 0.4) is 0 Å². The Morgan fingerprint density at radius 3 is 2.63 bits per heavy atom. The van der Waals surface area contributed by atoms with Gasteiger partial charge in [0.1, 0.15) is 6.10 Å². The first-order chi connectivity index (χ1) is 12.6.